The van der Waals surface area contributed by atoms with Crippen LogP contribution in [0.4, 0.5) is 0 Å². The number of carbonyl (C=O) groups is 1. The molecule has 0 aliphatic carbocycles. The number of nitrogens with zero attached hydrogens (tertiary/aromatic N) is 4. The van der Waals surface area contributed by atoms with Gasteiger partial charge < -0.3 is 5.73 Å². The van der Waals surface area contributed by atoms with Crippen LogP contribution >= 0.6 is 0 Å². The summed E-state index contributed by atoms with van der Waals surface area (Å²) in [5.74, 6) is -1.28. The first-order chi connectivity index (χ1) is 10.6. The second kappa shape index (κ2) is 6.51. The minimum absolute atomic E-state index is 0.00725. The molecule has 7 nitrogen and oxygen atoms in total. The number of hydrogen-bond acceptors (Lipinski definition) is 5. The molecule has 1 amide bonds. The van der Waals surface area contributed by atoms with Crippen LogP contribution in [0.3, 0.4) is 0 Å². The van der Waals surface area contributed by atoms with E-state index in [0.29, 0.717) is 17.2 Å². The Bertz CT molecular complexity index is 857. The smallest absolute Gasteiger partial charge is 0.274 e. The Morgan fingerprint density at radius 2 is 2.00 bits per heavy atom. The van der Waals surface area contributed by atoms with Gasteiger partial charge in [0.1, 0.15) is 0 Å². The van der Waals surface area contributed by atoms with Crippen molar-refractivity contribution in [3.05, 3.63) is 40.3 Å². The highest BCUT2D eigenvalue weighted by Gasteiger charge is 2.16. The molecule has 0 bridgehead atoms. The largest absolute Gasteiger partial charge is 0.364 e. The summed E-state index contributed by atoms with van der Waals surface area (Å²) in [4.78, 5) is 23.9. The van der Waals surface area contributed by atoms with E-state index in [1.165, 1.54) is 0 Å². The molecule has 0 fully saturated rings. The molecule has 110 valence electrons. The van der Waals surface area contributed by atoms with Crippen molar-refractivity contribution in [2.24, 2.45) is 11.7 Å². The fourth-order valence-electron chi connectivity index (χ4n) is 2.19. The number of primary amides is 1. The molecule has 2 rings (SSSR count). The quantitative estimate of drug-likeness (QED) is 0.878. The van der Waals surface area contributed by atoms with Gasteiger partial charge in [-0.2, -0.15) is 15.6 Å². The zero-order valence-electron chi connectivity index (χ0n) is 11.7. The zero-order valence-corrected chi connectivity index (χ0v) is 11.7. The van der Waals surface area contributed by atoms with E-state index in [1.54, 1.807) is 24.3 Å². The van der Waals surface area contributed by atoms with Crippen molar-refractivity contribution < 1.29 is 4.79 Å². The summed E-state index contributed by atoms with van der Waals surface area (Å²) < 4.78 is 1.08. The first kappa shape index (κ1) is 15.2. The molecule has 2 N–H and O–H groups in total. The van der Waals surface area contributed by atoms with Crippen molar-refractivity contribution in [2.75, 3.05) is 0 Å². The standard InChI is InChI=1S/C15H13N5O2/c16-7-3-4-10(8-17)9-20-15(22)12-6-2-1-5-11(12)13(19-20)14(18)21/h1-2,5-6,10H,3-4,9H2,(H2,18,21)/t10-/m1/s1. The van der Waals surface area contributed by atoms with E-state index >= 15 is 0 Å². The Balaban J connectivity index is 2.53. The Labute approximate surface area is 126 Å². The third kappa shape index (κ3) is 2.94. The molecule has 22 heavy (non-hydrogen) atoms. The molecule has 0 aliphatic heterocycles. The van der Waals surface area contributed by atoms with Crippen LogP contribution in [0.15, 0.2) is 29.1 Å². The number of nitrogens with two attached hydrogens (primary N) is 1. The fraction of sp³-hybridized carbons (Fsp3) is 0.267. The van der Waals surface area contributed by atoms with Crippen LogP contribution in [0.5, 0.6) is 0 Å². The number of rotatable bonds is 5. The second-order valence-corrected chi connectivity index (χ2v) is 4.77. The van der Waals surface area contributed by atoms with Crippen molar-refractivity contribution in [1.82, 2.24) is 9.78 Å². The normalized spacial score (nSPS) is 11.5. The summed E-state index contributed by atoms with van der Waals surface area (Å²) in [6.07, 6.45) is 0.545. The highest BCUT2D eigenvalue weighted by atomic mass is 16.1. The SMILES string of the molecule is N#CCC[C@H](C#N)Cn1nc(C(N)=O)c2ccccc2c1=O. The number of carbonyl (C=O) groups excluding carboxylic acids is 1. The number of fused-ring (bicyclic) bond motifs is 1. The molecule has 0 aliphatic rings. The minimum atomic E-state index is -0.740. The molecule has 0 radical (unpaired) electrons. The van der Waals surface area contributed by atoms with Crippen molar-refractivity contribution in [2.45, 2.75) is 19.4 Å². The van der Waals surface area contributed by atoms with Crippen LogP contribution in [0.1, 0.15) is 23.3 Å². The van der Waals surface area contributed by atoms with Crippen molar-refractivity contribution in [3.63, 3.8) is 0 Å². The number of benzene rings is 1. The molecule has 2 aromatic rings. The van der Waals surface area contributed by atoms with Gasteiger partial charge in [-0.25, -0.2) is 4.68 Å². The fourth-order valence-corrected chi connectivity index (χ4v) is 2.19. The summed E-state index contributed by atoms with van der Waals surface area (Å²) >= 11 is 0. The first-order valence-electron chi connectivity index (χ1n) is 6.64. The molecule has 0 unspecified atom stereocenters. The van der Waals surface area contributed by atoms with Gasteiger partial charge in [-0.15, -0.1) is 0 Å². The maximum Gasteiger partial charge on any atom is 0.274 e. The summed E-state index contributed by atoms with van der Waals surface area (Å²) in [5, 5.41) is 22.4. The lowest BCUT2D eigenvalue weighted by Crippen LogP contribution is -2.30. The van der Waals surface area contributed by atoms with Gasteiger partial charge in [0.2, 0.25) is 0 Å². The van der Waals surface area contributed by atoms with Gasteiger partial charge in [-0.3, -0.25) is 9.59 Å². The summed E-state index contributed by atoms with van der Waals surface area (Å²) in [5.41, 5.74) is 4.92. The van der Waals surface area contributed by atoms with Crippen LogP contribution in [-0.4, -0.2) is 15.7 Å². The van der Waals surface area contributed by atoms with Crippen LogP contribution in [0.25, 0.3) is 10.8 Å². The number of hydrogen-bond donors (Lipinski definition) is 1. The van der Waals surface area contributed by atoms with E-state index < -0.39 is 17.4 Å². The monoisotopic (exact) mass is 295 g/mol. The Morgan fingerprint density at radius 3 is 2.59 bits per heavy atom. The predicted octanol–water partition coefficient (Wildman–Crippen LogP) is 0.939. The molecule has 1 atom stereocenters. The highest BCUT2D eigenvalue weighted by molar-refractivity contribution is 6.03. The van der Waals surface area contributed by atoms with Gasteiger partial charge in [-0.1, -0.05) is 18.2 Å². The molecule has 0 spiro atoms. The van der Waals surface area contributed by atoms with Crippen molar-refractivity contribution in [1.29, 1.82) is 10.5 Å². The van der Waals surface area contributed by atoms with Gasteiger partial charge in [-0.05, 0) is 12.5 Å². The predicted molar refractivity (Wildman–Crippen MR) is 78.5 cm³/mol. The van der Waals surface area contributed by atoms with Crippen LogP contribution in [-0.2, 0) is 6.54 Å². The molecule has 7 heteroatoms. The molecule has 1 aromatic carbocycles. The molecule has 0 saturated carbocycles. The van der Waals surface area contributed by atoms with Crippen LogP contribution < -0.4 is 11.3 Å². The molecule has 1 heterocycles. The lowest BCUT2D eigenvalue weighted by molar-refractivity contribution is 0.0995. The lowest BCUT2D eigenvalue weighted by Gasteiger charge is -2.11. The first-order valence-corrected chi connectivity index (χ1v) is 6.64. The maximum atomic E-state index is 12.4. The van der Waals surface area contributed by atoms with E-state index in [1.807, 2.05) is 12.1 Å². The number of nitriles is 2. The number of aromatic nitrogens is 2. The van der Waals surface area contributed by atoms with Gasteiger partial charge in [0, 0.05) is 11.8 Å². The molecule has 1 aromatic heterocycles. The molecule has 0 saturated heterocycles. The topological polar surface area (TPSA) is 126 Å². The zero-order chi connectivity index (χ0) is 16.1. The molecular weight excluding hydrogens is 282 g/mol. The van der Waals surface area contributed by atoms with Crippen molar-refractivity contribution in [3.8, 4) is 12.1 Å². The van der Waals surface area contributed by atoms with Gasteiger partial charge in [0.05, 0.1) is 30.0 Å². The third-order valence-corrected chi connectivity index (χ3v) is 3.28. The highest BCUT2D eigenvalue weighted by Crippen LogP contribution is 2.14. The van der Waals surface area contributed by atoms with E-state index in [-0.39, 0.29) is 18.7 Å². The Morgan fingerprint density at radius 1 is 1.32 bits per heavy atom. The van der Waals surface area contributed by atoms with Crippen LogP contribution in [0, 0.1) is 28.6 Å². The third-order valence-electron chi connectivity index (χ3n) is 3.28. The summed E-state index contributed by atoms with van der Waals surface area (Å²) in [6.45, 7) is 0.0160. The van der Waals surface area contributed by atoms with E-state index in [0.717, 1.165) is 4.68 Å². The average Bonchev–Trinajstić information content (AvgIpc) is 2.53. The maximum absolute atomic E-state index is 12.4. The van der Waals surface area contributed by atoms with E-state index in [9.17, 15) is 9.59 Å². The van der Waals surface area contributed by atoms with E-state index in [4.69, 9.17) is 16.3 Å². The minimum Gasteiger partial charge on any atom is -0.364 e. The second-order valence-electron chi connectivity index (χ2n) is 4.77. The average molecular weight is 295 g/mol. The lowest BCUT2D eigenvalue weighted by atomic mass is 10.1. The van der Waals surface area contributed by atoms with Gasteiger partial charge in [0.25, 0.3) is 11.5 Å². The van der Waals surface area contributed by atoms with Crippen molar-refractivity contribution >= 4 is 16.7 Å². The summed E-state index contributed by atoms with van der Waals surface area (Å²) in [6, 6.07) is 10.5. The van der Waals surface area contributed by atoms with E-state index in [2.05, 4.69) is 5.10 Å². The number of amides is 1. The Hall–Kier alpha value is -3.19. The Kier molecular flexibility index (Phi) is 4.50. The molecular formula is C15H13N5O2. The van der Waals surface area contributed by atoms with Gasteiger partial charge >= 0.3 is 0 Å². The van der Waals surface area contributed by atoms with Gasteiger partial charge in [0.15, 0.2) is 5.69 Å². The van der Waals surface area contributed by atoms with Crippen LogP contribution in [0.2, 0.25) is 0 Å². The summed E-state index contributed by atoms with van der Waals surface area (Å²) in [7, 11) is 0.